The van der Waals surface area contributed by atoms with E-state index in [0.29, 0.717) is 28.8 Å². The molecule has 0 bridgehead atoms. The second-order valence-electron chi connectivity index (χ2n) is 3.85. The highest BCUT2D eigenvalue weighted by molar-refractivity contribution is 6.50. The van der Waals surface area contributed by atoms with Gasteiger partial charge in [0.05, 0.1) is 21.7 Å². The number of benzene rings is 1. The summed E-state index contributed by atoms with van der Waals surface area (Å²) in [7, 11) is 0. The number of hydrogen-bond donors (Lipinski definition) is 0. The van der Waals surface area contributed by atoms with E-state index in [-0.39, 0.29) is 22.3 Å². The first-order chi connectivity index (χ1) is 8.54. The fourth-order valence-corrected chi connectivity index (χ4v) is 2.51. The molecule has 1 heterocycles. The van der Waals surface area contributed by atoms with Gasteiger partial charge in [-0.25, -0.2) is 0 Å². The van der Waals surface area contributed by atoms with Gasteiger partial charge < -0.3 is 9.47 Å². The molecule has 1 aromatic carbocycles. The Hall–Kier alpha value is -0.120. The summed E-state index contributed by atoms with van der Waals surface area (Å²) in [6, 6.07) is 1.51. The lowest BCUT2D eigenvalue weighted by Gasteiger charge is -2.18. The van der Waals surface area contributed by atoms with E-state index in [4.69, 9.17) is 55.9 Å². The summed E-state index contributed by atoms with van der Waals surface area (Å²) in [5.74, 6) is 0.329. The Morgan fingerprint density at radius 3 is 2.56 bits per heavy atom. The standard InChI is InChI=1S/C12H10Cl4O2/c1-2-3-8(9-5-17-9)18-12-7(14)4-6(13)10(15)11(12)16/h2,4,8-9H,1,3,5H2. The van der Waals surface area contributed by atoms with Gasteiger partial charge in [0.2, 0.25) is 0 Å². The van der Waals surface area contributed by atoms with E-state index < -0.39 is 0 Å². The predicted octanol–water partition coefficient (Wildman–Crippen LogP) is 5.02. The maximum atomic E-state index is 6.08. The molecule has 1 aliphatic rings. The van der Waals surface area contributed by atoms with Gasteiger partial charge in [-0.15, -0.1) is 6.58 Å². The van der Waals surface area contributed by atoms with Crippen LogP contribution in [-0.4, -0.2) is 18.8 Å². The summed E-state index contributed by atoms with van der Waals surface area (Å²) in [5.41, 5.74) is 0. The van der Waals surface area contributed by atoms with Crippen molar-refractivity contribution in [2.75, 3.05) is 6.61 Å². The zero-order chi connectivity index (χ0) is 13.3. The number of epoxide rings is 1. The van der Waals surface area contributed by atoms with Crippen molar-refractivity contribution in [3.63, 3.8) is 0 Å². The first kappa shape index (κ1) is 14.3. The van der Waals surface area contributed by atoms with Crippen LogP contribution in [-0.2, 0) is 4.74 Å². The lowest BCUT2D eigenvalue weighted by Crippen LogP contribution is -2.22. The lowest BCUT2D eigenvalue weighted by atomic mass is 10.2. The third-order valence-corrected chi connectivity index (χ3v) is 4.04. The quantitative estimate of drug-likeness (QED) is 0.328. The maximum absolute atomic E-state index is 6.08. The Morgan fingerprint density at radius 1 is 1.33 bits per heavy atom. The van der Waals surface area contributed by atoms with Gasteiger partial charge in [-0.2, -0.15) is 0 Å². The van der Waals surface area contributed by atoms with Crippen LogP contribution in [0.15, 0.2) is 18.7 Å². The van der Waals surface area contributed by atoms with Crippen LogP contribution in [0.2, 0.25) is 20.1 Å². The van der Waals surface area contributed by atoms with Crippen LogP contribution in [0.25, 0.3) is 0 Å². The van der Waals surface area contributed by atoms with E-state index in [1.54, 1.807) is 6.08 Å². The average Bonchev–Trinajstić information content (AvgIpc) is 3.14. The molecule has 1 saturated heterocycles. The highest BCUT2D eigenvalue weighted by Gasteiger charge is 2.34. The smallest absolute Gasteiger partial charge is 0.158 e. The van der Waals surface area contributed by atoms with Gasteiger partial charge in [0.25, 0.3) is 0 Å². The molecule has 1 aliphatic heterocycles. The van der Waals surface area contributed by atoms with Crippen molar-refractivity contribution in [1.29, 1.82) is 0 Å². The van der Waals surface area contributed by atoms with Gasteiger partial charge in [0.15, 0.2) is 5.75 Å². The van der Waals surface area contributed by atoms with Gasteiger partial charge in [-0.3, -0.25) is 0 Å². The van der Waals surface area contributed by atoms with Crippen molar-refractivity contribution in [3.8, 4) is 5.75 Å². The highest BCUT2D eigenvalue weighted by Crippen LogP contribution is 2.43. The van der Waals surface area contributed by atoms with E-state index in [1.165, 1.54) is 6.07 Å². The Kier molecular flexibility index (Phi) is 4.68. The van der Waals surface area contributed by atoms with Crippen molar-refractivity contribution in [3.05, 3.63) is 38.8 Å². The van der Waals surface area contributed by atoms with Crippen molar-refractivity contribution in [1.82, 2.24) is 0 Å². The molecule has 0 aromatic heterocycles. The summed E-state index contributed by atoms with van der Waals surface area (Å²) in [6.07, 6.45) is 2.27. The molecule has 1 aromatic rings. The van der Waals surface area contributed by atoms with Crippen LogP contribution in [0.4, 0.5) is 0 Å². The fourth-order valence-electron chi connectivity index (χ4n) is 1.52. The summed E-state index contributed by atoms with van der Waals surface area (Å²) in [6.45, 7) is 4.34. The van der Waals surface area contributed by atoms with Crippen LogP contribution in [0.5, 0.6) is 5.75 Å². The number of hydrogen-bond acceptors (Lipinski definition) is 2. The average molecular weight is 328 g/mol. The van der Waals surface area contributed by atoms with Crippen molar-refractivity contribution < 1.29 is 9.47 Å². The predicted molar refractivity (Wildman–Crippen MR) is 75.5 cm³/mol. The first-order valence-electron chi connectivity index (χ1n) is 5.26. The Morgan fingerprint density at radius 2 is 2.00 bits per heavy atom. The zero-order valence-electron chi connectivity index (χ0n) is 9.26. The molecule has 2 unspecified atom stereocenters. The van der Waals surface area contributed by atoms with E-state index in [0.717, 1.165) is 0 Å². The zero-order valence-corrected chi connectivity index (χ0v) is 12.3. The molecule has 2 rings (SSSR count). The summed E-state index contributed by atoms with van der Waals surface area (Å²) < 4.78 is 11.0. The molecule has 2 atom stereocenters. The number of ether oxygens (including phenoxy) is 2. The second-order valence-corrected chi connectivity index (χ2v) is 5.42. The van der Waals surface area contributed by atoms with Gasteiger partial charge in [0, 0.05) is 6.42 Å². The number of rotatable bonds is 5. The molecule has 6 heteroatoms. The van der Waals surface area contributed by atoms with Crippen LogP contribution in [0.1, 0.15) is 6.42 Å². The van der Waals surface area contributed by atoms with E-state index in [2.05, 4.69) is 6.58 Å². The fraction of sp³-hybridized carbons (Fsp3) is 0.333. The highest BCUT2D eigenvalue weighted by atomic mass is 35.5. The minimum absolute atomic E-state index is 0.0459. The van der Waals surface area contributed by atoms with Gasteiger partial charge >= 0.3 is 0 Å². The maximum Gasteiger partial charge on any atom is 0.158 e. The molecule has 98 valence electrons. The van der Waals surface area contributed by atoms with Crippen LogP contribution >= 0.6 is 46.4 Å². The Bertz CT molecular complexity index is 472. The molecular weight excluding hydrogens is 318 g/mol. The molecule has 0 aliphatic carbocycles. The van der Waals surface area contributed by atoms with Gasteiger partial charge in [0.1, 0.15) is 17.2 Å². The van der Waals surface area contributed by atoms with Crippen molar-refractivity contribution in [2.45, 2.75) is 18.6 Å². The van der Waals surface area contributed by atoms with Crippen molar-refractivity contribution >= 4 is 46.4 Å². The van der Waals surface area contributed by atoms with Gasteiger partial charge in [-0.1, -0.05) is 52.5 Å². The Balaban J connectivity index is 2.27. The van der Waals surface area contributed by atoms with Crippen LogP contribution in [0.3, 0.4) is 0 Å². The molecule has 1 fully saturated rings. The summed E-state index contributed by atoms with van der Waals surface area (Å²) in [5, 5.41) is 1.06. The third kappa shape index (κ3) is 3.06. The first-order valence-corrected chi connectivity index (χ1v) is 6.78. The molecule has 0 saturated carbocycles. The van der Waals surface area contributed by atoms with E-state index in [9.17, 15) is 0 Å². The minimum Gasteiger partial charge on any atom is -0.484 e. The molecule has 2 nitrogen and oxygen atoms in total. The van der Waals surface area contributed by atoms with Crippen LogP contribution in [0, 0.1) is 0 Å². The molecular formula is C12H10Cl4O2. The topological polar surface area (TPSA) is 21.8 Å². The minimum atomic E-state index is -0.172. The SMILES string of the molecule is C=CCC(Oc1c(Cl)cc(Cl)c(Cl)c1Cl)C1CO1. The lowest BCUT2D eigenvalue weighted by molar-refractivity contribution is 0.162. The third-order valence-electron chi connectivity index (χ3n) is 2.51. The largest absolute Gasteiger partial charge is 0.484 e. The van der Waals surface area contributed by atoms with Crippen molar-refractivity contribution in [2.24, 2.45) is 0 Å². The molecule has 0 N–H and O–H groups in total. The van der Waals surface area contributed by atoms with E-state index in [1.807, 2.05) is 0 Å². The molecule has 18 heavy (non-hydrogen) atoms. The molecule has 0 radical (unpaired) electrons. The van der Waals surface area contributed by atoms with Crippen LogP contribution < -0.4 is 4.74 Å². The summed E-state index contributed by atoms with van der Waals surface area (Å²) >= 11 is 24.0. The Labute approximate surface area is 125 Å². The second kappa shape index (κ2) is 5.89. The number of halogens is 4. The summed E-state index contributed by atoms with van der Waals surface area (Å²) in [4.78, 5) is 0. The molecule has 0 amide bonds. The van der Waals surface area contributed by atoms with E-state index >= 15 is 0 Å². The monoisotopic (exact) mass is 326 g/mol. The molecule has 0 spiro atoms. The normalized spacial score (nSPS) is 19.4. The van der Waals surface area contributed by atoms with Gasteiger partial charge in [-0.05, 0) is 6.07 Å².